The third kappa shape index (κ3) is 5.06. The first kappa shape index (κ1) is 16.3. The summed E-state index contributed by atoms with van der Waals surface area (Å²) in [6, 6.07) is 15.7. The summed E-state index contributed by atoms with van der Waals surface area (Å²) in [5.74, 6) is 1.48. The number of rotatable bonds is 9. The lowest BCUT2D eigenvalue weighted by atomic mass is 10.1. The van der Waals surface area contributed by atoms with Gasteiger partial charge in [0.25, 0.3) is 0 Å². The molecule has 1 N–H and O–H groups in total. The van der Waals surface area contributed by atoms with Gasteiger partial charge in [-0.25, -0.2) is 0 Å². The second-order valence-electron chi connectivity index (χ2n) is 4.86. The fourth-order valence-corrected chi connectivity index (χ4v) is 2.06. The molecule has 0 heterocycles. The van der Waals surface area contributed by atoms with Crippen molar-refractivity contribution >= 4 is 0 Å². The van der Waals surface area contributed by atoms with Crippen LogP contribution in [-0.4, -0.2) is 32.0 Å². The number of aliphatic hydroxyl groups excluding tert-OH is 1. The van der Waals surface area contributed by atoms with Crippen LogP contribution in [0, 0.1) is 0 Å². The fourth-order valence-electron chi connectivity index (χ4n) is 2.06. The van der Waals surface area contributed by atoms with Gasteiger partial charge in [-0.1, -0.05) is 36.4 Å². The Balaban J connectivity index is 2.05. The van der Waals surface area contributed by atoms with Crippen LogP contribution in [0.25, 0.3) is 0 Å². The molecule has 0 bridgehead atoms. The highest BCUT2D eigenvalue weighted by atomic mass is 16.5. The van der Waals surface area contributed by atoms with Gasteiger partial charge < -0.3 is 19.3 Å². The summed E-state index contributed by atoms with van der Waals surface area (Å²) in [6.45, 7) is 1.61. The molecule has 0 unspecified atom stereocenters. The SMILES string of the molecule is COCCOc1ccc(CCO)c(OCc2ccccc2)c1. The summed E-state index contributed by atoms with van der Waals surface area (Å²) < 4.78 is 16.5. The Bertz CT molecular complexity index is 554. The van der Waals surface area contributed by atoms with Crippen molar-refractivity contribution in [3.05, 3.63) is 59.7 Å². The van der Waals surface area contributed by atoms with Crippen LogP contribution in [0.5, 0.6) is 11.5 Å². The minimum Gasteiger partial charge on any atom is -0.491 e. The van der Waals surface area contributed by atoms with E-state index in [1.807, 2.05) is 48.5 Å². The summed E-state index contributed by atoms with van der Waals surface area (Å²) in [5.41, 5.74) is 2.07. The third-order valence-corrected chi connectivity index (χ3v) is 3.21. The van der Waals surface area contributed by atoms with Crippen molar-refractivity contribution in [1.82, 2.24) is 0 Å². The highest BCUT2D eigenvalue weighted by Crippen LogP contribution is 2.26. The van der Waals surface area contributed by atoms with Gasteiger partial charge in [0.2, 0.25) is 0 Å². The van der Waals surface area contributed by atoms with Crippen LogP contribution in [0.4, 0.5) is 0 Å². The Hall–Kier alpha value is -2.04. The van der Waals surface area contributed by atoms with Crippen molar-refractivity contribution < 1.29 is 19.3 Å². The van der Waals surface area contributed by atoms with Gasteiger partial charge in [0.05, 0.1) is 6.61 Å². The molecule has 0 radical (unpaired) electrons. The maximum Gasteiger partial charge on any atom is 0.126 e. The van der Waals surface area contributed by atoms with Gasteiger partial charge in [-0.2, -0.15) is 0 Å². The zero-order valence-corrected chi connectivity index (χ0v) is 12.8. The summed E-state index contributed by atoms with van der Waals surface area (Å²) in [4.78, 5) is 0. The zero-order valence-electron chi connectivity index (χ0n) is 12.8. The Morgan fingerprint density at radius 2 is 1.77 bits per heavy atom. The van der Waals surface area contributed by atoms with Crippen molar-refractivity contribution in [2.45, 2.75) is 13.0 Å². The number of hydrogen-bond acceptors (Lipinski definition) is 4. The van der Waals surface area contributed by atoms with Gasteiger partial charge in [0.15, 0.2) is 0 Å². The van der Waals surface area contributed by atoms with Gasteiger partial charge in [-0.15, -0.1) is 0 Å². The Morgan fingerprint density at radius 3 is 2.50 bits per heavy atom. The molecule has 0 saturated heterocycles. The van der Waals surface area contributed by atoms with E-state index in [1.54, 1.807) is 7.11 Å². The molecule has 0 aliphatic rings. The normalized spacial score (nSPS) is 10.5. The molecule has 118 valence electrons. The van der Waals surface area contributed by atoms with Gasteiger partial charge in [0.1, 0.15) is 24.7 Å². The summed E-state index contributed by atoms with van der Waals surface area (Å²) in [7, 11) is 1.64. The predicted molar refractivity (Wildman–Crippen MR) is 85.4 cm³/mol. The molecule has 2 aromatic rings. The maximum absolute atomic E-state index is 9.17. The Morgan fingerprint density at radius 1 is 0.955 bits per heavy atom. The lowest BCUT2D eigenvalue weighted by molar-refractivity contribution is 0.146. The third-order valence-electron chi connectivity index (χ3n) is 3.21. The molecular formula is C18H22O4. The molecule has 0 atom stereocenters. The number of benzene rings is 2. The van der Waals surface area contributed by atoms with E-state index in [2.05, 4.69) is 0 Å². The average Bonchev–Trinajstić information content (AvgIpc) is 2.56. The lowest BCUT2D eigenvalue weighted by Gasteiger charge is -2.13. The minimum absolute atomic E-state index is 0.0889. The van der Waals surface area contributed by atoms with Gasteiger partial charge >= 0.3 is 0 Å². The Labute approximate surface area is 131 Å². The highest BCUT2D eigenvalue weighted by Gasteiger charge is 2.07. The standard InChI is InChI=1S/C18H22O4/c1-20-11-12-21-17-8-7-16(9-10-19)18(13-17)22-14-15-5-3-2-4-6-15/h2-8,13,19H,9-12,14H2,1H3. The van der Waals surface area contributed by atoms with Gasteiger partial charge in [0, 0.05) is 19.8 Å². The maximum atomic E-state index is 9.17. The predicted octanol–water partition coefficient (Wildman–Crippen LogP) is 2.83. The van der Waals surface area contributed by atoms with Gasteiger partial charge in [-0.05, 0) is 23.6 Å². The van der Waals surface area contributed by atoms with E-state index in [9.17, 15) is 0 Å². The number of hydrogen-bond donors (Lipinski definition) is 1. The lowest BCUT2D eigenvalue weighted by Crippen LogP contribution is -2.05. The van der Waals surface area contributed by atoms with Crippen molar-refractivity contribution in [2.75, 3.05) is 26.9 Å². The summed E-state index contributed by atoms with van der Waals surface area (Å²) >= 11 is 0. The monoisotopic (exact) mass is 302 g/mol. The molecule has 0 aromatic heterocycles. The van der Waals surface area contributed by atoms with Crippen molar-refractivity contribution in [2.24, 2.45) is 0 Å². The van der Waals surface area contributed by atoms with Crippen LogP contribution in [0.1, 0.15) is 11.1 Å². The van der Waals surface area contributed by atoms with Crippen LogP contribution in [0.3, 0.4) is 0 Å². The van der Waals surface area contributed by atoms with E-state index < -0.39 is 0 Å². The van der Waals surface area contributed by atoms with Crippen molar-refractivity contribution in [3.63, 3.8) is 0 Å². The molecule has 0 spiro atoms. The topological polar surface area (TPSA) is 47.9 Å². The van der Waals surface area contributed by atoms with Crippen molar-refractivity contribution in [1.29, 1.82) is 0 Å². The van der Waals surface area contributed by atoms with Crippen LogP contribution in [-0.2, 0) is 17.8 Å². The molecule has 0 saturated carbocycles. The van der Waals surface area contributed by atoms with E-state index in [4.69, 9.17) is 19.3 Å². The van der Waals surface area contributed by atoms with E-state index >= 15 is 0 Å². The first-order valence-electron chi connectivity index (χ1n) is 7.35. The molecule has 0 aliphatic carbocycles. The molecule has 4 heteroatoms. The fraction of sp³-hybridized carbons (Fsp3) is 0.333. The zero-order chi connectivity index (χ0) is 15.6. The highest BCUT2D eigenvalue weighted by molar-refractivity contribution is 5.41. The summed E-state index contributed by atoms with van der Waals surface area (Å²) in [5, 5.41) is 9.17. The first-order valence-corrected chi connectivity index (χ1v) is 7.35. The number of methoxy groups -OCH3 is 1. The number of ether oxygens (including phenoxy) is 3. The summed E-state index contributed by atoms with van der Waals surface area (Å²) in [6.07, 6.45) is 0.558. The second kappa shape index (κ2) is 9.07. The number of aliphatic hydroxyl groups is 1. The van der Waals surface area contributed by atoms with Crippen LogP contribution in [0.2, 0.25) is 0 Å². The van der Waals surface area contributed by atoms with Gasteiger partial charge in [-0.3, -0.25) is 0 Å². The molecule has 2 rings (SSSR count). The van der Waals surface area contributed by atoms with E-state index in [0.717, 1.165) is 22.6 Å². The minimum atomic E-state index is 0.0889. The van der Waals surface area contributed by atoms with E-state index in [1.165, 1.54) is 0 Å². The van der Waals surface area contributed by atoms with Crippen molar-refractivity contribution in [3.8, 4) is 11.5 Å². The van der Waals surface area contributed by atoms with E-state index in [-0.39, 0.29) is 6.61 Å². The quantitative estimate of drug-likeness (QED) is 0.724. The molecule has 2 aromatic carbocycles. The van der Waals surface area contributed by atoms with Crippen LogP contribution >= 0.6 is 0 Å². The van der Waals surface area contributed by atoms with E-state index in [0.29, 0.717) is 26.2 Å². The molecule has 0 amide bonds. The first-order chi connectivity index (χ1) is 10.8. The molecule has 4 nitrogen and oxygen atoms in total. The average molecular weight is 302 g/mol. The molecule has 0 fully saturated rings. The van der Waals surface area contributed by atoms with Crippen LogP contribution in [0.15, 0.2) is 48.5 Å². The molecule has 0 aliphatic heterocycles. The van der Waals surface area contributed by atoms with Crippen LogP contribution < -0.4 is 9.47 Å². The molecular weight excluding hydrogens is 280 g/mol. The second-order valence-corrected chi connectivity index (χ2v) is 4.86. The largest absolute Gasteiger partial charge is 0.491 e. The Kier molecular flexibility index (Phi) is 6.74. The molecule has 22 heavy (non-hydrogen) atoms. The smallest absolute Gasteiger partial charge is 0.126 e.